The van der Waals surface area contributed by atoms with E-state index in [1.165, 1.54) is 60.2 Å². The molecule has 2 unspecified atom stereocenters. The van der Waals surface area contributed by atoms with Gasteiger partial charge in [0.05, 0.1) is 5.69 Å². The van der Waals surface area contributed by atoms with Crippen LogP contribution in [0, 0.1) is 11.8 Å². The lowest BCUT2D eigenvalue weighted by atomic mass is 9.68. The van der Waals surface area contributed by atoms with E-state index in [-0.39, 0.29) is 5.92 Å². The first-order valence-corrected chi connectivity index (χ1v) is 15.3. The monoisotopic (exact) mass is 539 g/mol. The van der Waals surface area contributed by atoms with E-state index in [2.05, 4.69) is 132 Å². The molecule has 42 heavy (non-hydrogen) atoms. The van der Waals surface area contributed by atoms with Crippen molar-refractivity contribution in [1.29, 1.82) is 0 Å². The Morgan fingerprint density at radius 3 is 2.05 bits per heavy atom. The summed E-state index contributed by atoms with van der Waals surface area (Å²) in [6, 6.07) is 29.1. The average Bonchev–Trinajstić information content (AvgIpc) is 3.07. The lowest BCUT2D eigenvalue weighted by Gasteiger charge is -2.35. The smallest absolute Gasteiger partial charge is 0.0698 e. The first-order chi connectivity index (χ1) is 20.9. The Kier molecular flexibility index (Phi) is 6.30. The van der Waals surface area contributed by atoms with Gasteiger partial charge in [0.2, 0.25) is 0 Å². The molecule has 0 saturated carbocycles. The molecule has 0 spiro atoms. The van der Waals surface area contributed by atoms with Crippen molar-refractivity contribution in [3.63, 3.8) is 0 Å². The molecule has 0 aliphatic heterocycles. The normalized spacial score (nSPS) is 21.0. The zero-order chi connectivity index (χ0) is 27.9. The molecule has 0 N–H and O–H groups in total. The van der Waals surface area contributed by atoms with Crippen molar-refractivity contribution in [3.05, 3.63) is 173 Å². The van der Waals surface area contributed by atoms with Gasteiger partial charge in [0.15, 0.2) is 0 Å². The van der Waals surface area contributed by atoms with Crippen LogP contribution in [0.2, 0.25) is 0 Å². The number of fused-ring (bicyclic) bond motifs is 3. The van der Waals surface area contributed by atoms with Crippen LogP contribution in [0.25, 0.3) is 33.1 Å². The van der Waals surface area contributed by atoms with E-state index in [9.17, 15) is 0 Å². The summed E-state index contributed by atoms with van der Waals surface area (Å²) in [7, 11) is 0. The van der Waals surface area contributed by atoms with Crippen LogP contribution in [-0.4, -0.2) is 4.98 Å². The van der Waals surface area contributed by atoms with Crippen LogP contribution in [-0.2, 0) is 0 Å². The largest absolute Gasteiger partial charge is 0.256 e. The minimum absolute atomic E-state index is 0.274. The highest BCUT2D eigenvalue weighted by Gasteiger charge is 2.33. The van der Waals surface area contributed by atoms with Crippen LogP contribution in [0.1, 0.15) is 42.5 Å². The predicted molar refractivity (Wildman–Crippen MR) is 177 cm³/mol. The molecule has 1 heteroatoms. The summed E-state index contributed by atoms with van der Waals surface area (Å²) in [4.78, 5) is 4.67. The molecule has 1 nitrogen and oxygen atoms in total. The standard InChI is InChI=1S/C41H33N/c1-2-13-28(14-3-1)31-24-25-38(33-18-5-4-17-32(31)33)41-36-21-8-6-19-34(36)40(35-20-7-9-22-37(35)41)30-16-12-15-29(27-30)39-23-10-11-26-42-39/h1-2,4-11,13,15,17-27,34,36H,3,12,14,16H2. The van der Waals surface area contributed by atoms with Gasteiger partial charge in [-0.1, -0.05) is 115 Å². The lowest BCUT2D eigenvalue weighted by Crippen LogP contribution is -2.40. The fraction of sp³-hybridized carbons (Fsp3) is 0.146. The molecule has 1 heterocycles. The number of hydrogen-bond donors (Lipinski definition) is 0. The molecule has 0 amide bonds. The van der Waals surface area contributed by atoms with E-state index in [0.717, 1.165) is 31.4 Å². The van der Waals surface area contributed by atoms with Crippen LogP contribution >= 0.6 is 0 Å². The summed E-state index contributed by atoms with van der Waals surface area (Å²) in [6.45, 7) is 0. The molecule has 8 rings (SSSR count). The number of hydrogen-bond acceptors (Lipinski definition) is 1. The van der Waals surface area contributed by atoms with Crippen molar-refractivity contribution in [2.75, 3.05) is 0 Å². The number of allylic oxidation sites excluding steroid dienone is 12. The predicted octanol–water partition coefficient (Wildman–Crippen LogP) is 8.49. The van der Waals surface area contributed by atoms with Gasteiger partial charge >= 0.3 is 0 Å². The molecule has 4 aromatic rings. The molecule has 0 fully saturated rings. The molecule has 4 aliphatic rings. The van der Waals surface area contributed by atoms with Crippen molar-refractivity contribution in [3.8, 4) is 0 Å². The zero-order valence-corrected chi connectivity index (χ0v) is 23.7. The molecule has 0 radical (unpaired) electrons. The van der Waals surface area contributed by atoms with Gasteiger partial charge in [-0.3, -0.25) is 4.98 Å². The van der Waals surface area contributed by atoms with Crippen molar-refractivity contribution < 1.29 is 0 Å². The second-order valence-corrected chi connectivity index (χ2v) is 11.6. The van der Waals surface area contributed by atoms with Crippen molar-refractivity contribution in [1.82, 2.24) is 4.98 Å². The Morgan fingerprint density at radius 1 is 0.595 bits per heavy atom. The van der Waals surface area contributed by atoms with Crippen LogP contribution in [0.3, 0.4) is 0 Å². The average molecular weight is 540 g/mol. The quantitative estimate of drug-likeness (QED) is 0.253. The SMILES string of the molecule is C1=CCCC(c2ccc(C3=c4ccccc4=C(C4=CC(c5ccccn5)=CCC4)C4C=CC=CC34)c3ccccc23)=C1. The van der Waals surface area contributed by atoms with E-state index in [1.807, 2.05) is 12.3 Å². The number of aromatic nitrogens is 1. The van der Waals surface area contributed by atoms with Crippen LogP contribution in [0.5, 0.6) is 0 Å². The van der Waals surface area contributed by atoms with Gasteiger partial charge < -0.3 is 0 Å². The Morgan fingerprint density at radius 2 is 1.29 bits per heavy atom. The van der Waals surface area contributed by atoms with Crippen molar-refractivity contribution in [2.45, 2.75) is 25.7 Å². The molecular weight excluding hydrogens is 506 g/mol. The molecule has 202 valence electrons. The maximum absolute atomic E-state index is 4.67. The van der Waals surface area contributed by atoms with Gasteiger partial charge in [-0.15, -0.1) is 0 Å². The summed E-state index contributed by atoms with van der Waals surface area (Å²) in [6.07, 6.45) is 27.1. The molecule has 0 saturated heterocycles. The second kappa shape index (κ2) is 10.6. The van der Waals surface area contributed by atoms with Crippen LogP contribution < -0.4 is 10.4 Å². The summed E-state index contributed by atoms with van der Waals surface area (Å²) in [5.41, 5.74) is 10.8. The summed E-state index contributed by atoms with van der Waals surface area (Å²) < 4.78 is 0. The van der Waals surface area contributed by atoms with Crippen LogP contribution in [0.4, 0.5) is 0 Å². The van der Waals surface area contributed by atoms with E-state index >= 15 is 0 Å². The number of benzene rings is 3. The first kappa shape index (κ1) is 25.0. The third kappa shape index (κ3) is 4.20. The topological polar surface area (TPSA) is 12.9 Å². The third-order valence-electron chi connectivity index (χ3n) is 9.30. The molecule has 2 atom stereocenters. The molecule has 1 aromatic heterocycles. The summed E-state index contributed by atoms with van der Waals surface area (Å²) in [5.74, 6) is 0.565. The number of rotatable bonds is 4. The van der Waals surface area contributed by atoms with E-state index in [4.69, 9.17) is 0 Å². The van der Waals surface area contributed by atoms with Crippen LogP contribution in [0.15, 0.2) is 145 Å². The molecular formula is C41H33N. The Labute approximate surface area is 247 Å². The molecule has 4 aliphatic carbocycles. The maximum Gasteiger partial charge on any atom is 0.0698 e. The highest BCUT2D eigenvalue weighted by Crippen LogP contribution is 2.44. The fourth-order valence-corrected chi connectivity index (χ4v) is 7.45. The zero-order valence-electron chi connectivity index (χ0n) is 23.7. The third-order valence-corrected chi connectivity index (χ3v) is 9.30. The van der Waals surface area contributed by atoms with Gasteiger partial charge in [-0.05, 0) is 104 Å². The Hall–Kier alpha value is -4.75. The van der Waals surface area contributed by atoms with Gasteiger partial charge in [0.1, 0.15) is 0 Å². The van der Waals surface area contributed by atoms with Crippen molar-refractivity contribution >= 4 is 33.1 Å². The van der Waals surface area contributed by atoms with Gasteiger partial charge in [-0.25, -0.2) is 0 Å². The van der Waals surface area contributed by atoms with Gasteiger partial charge in [0, 0.05) is 18.0 Å². The summed E-state index contributed by atoms with van der Waals surface area (Å²) >= 11 is 0. The van der Waals surface area contributed by atoms with E-state index in [1.54, 1.807) is 0 Å². The summed E-state index contributed by atoms with van der Waals surface area (Å²) in [5, 5.41) is 5.43. The number of nitrogens with zero attached hydrogens (tertiary/aromatic N) is 1. The fourth-order valence-electron chi connectivity index (χ4n) is 7.45. The van der Waals surface area contributed by atoms with Gasteiger partial charge in [-0.2, -0.15) is 0 Å². The lowest BCUT2D eigenvalue weighted by molar-refractivity contribution is 0.680. The second-order valence-electron chi connectivity index (χ2n) is 11.6. The Balaban J connectivity index is 1.39. The van der Waals surface area contributed by atoms with E-state index < -0.39 is 0 Å². The van der Waals surface area contributed by atoms with Gasteiger partial charge in [0.25, 0.3) is 0 Å². The first-order valence-electron chi connectivity index (χ1n) is 15.3. The highest BCUT2D eigenvalue weighted by molar-refractivity contribution is 6.02. The Bertz CT molecular complexity index is 2030. The molecule has 0 bridgehead atoms. The number of pyridine rings is 1. The minimum atomic E-state index is 0.274. The highest BCUT2D eigenvalue weighted by atomic mass is 14.7. The maximum atomic E-state index is 4.67. The molecule has 3 aromatic carbocycles. The van der Waals surface area contributed by atoms with Crippen molar-refractivity contribution in [2.24, 2.45) is 11.8 Å². The van der Waals surface area contributed by atoms with E-state index in [0.29, 0.717) is 5.92 Å². The minimum Gasteiger partial charge on any atom is -0.256 e.